The van der Waals surface area contributed by atoms with Crippen molar-refractivity contribution in [1.82, 2.24) is 15.5 Å². The number of hydrogen-bond donors (Lipinski definition) is 1. The third-order valence-electron chi connectivity index (χ3n) is 1.96. The van der Waals surface area contributed by atoms with Crippen LogP contribution in [0, 0.1) is 0 Å². The zero-order valence-electron chi connectivity index (χ0n) is 8.37. The molecule has 1 rings (SSSR count). The molecule has 0 aliphatic carbocycles. The first kappa shape index (κ1) is 10.6. The Labute approximate surface area is 82.3 Å². The number of aromatic nitrogens is 2. The minimum Gasteiger partial charge on any atom is -0.374 e. The lowest BCUT2D eigenvalue weighted by atomic mass is 10.4. The van der Waals surface area contributed by atoms with Crippen LogP contribution < -0.4 is 5.32 Å². The van der Waals surface area contributed by atoms with Crippen LogP contribution in [0.2, 0.25) is 0 Å². The zero-order valence-corrected chi connectivity index (χ0v) is 9.18. The molecule has 2 atom stereocenters. The lowest BCUT2D eigenvalue weighted by Crippen LogP contribution is -2.11. The number of methoxy groups -OCH3 is 1. The molecule has 0 fully saturated rings. The van der Waals surface area contributed by atoms with Gasteiger partial charge >= 0.3 is 0 Å². The van der Waals surface area contributed by atoms with E-state index in [1.165, 1.54) is 0 Å². The minimum absolute atomic E-state index is 0.0373. The van der Waals surface area contributed by atoms with E-state index in [9.17, 15) is 0 Å². The second-order valence-corrected chi connectivity index (χ2v) is 3.91. The average molecular weight is 201 g/mol. The molecule has 0 aliphatic heterocycles. The van der Waals surface area contributed by atoms with Crippen LogP contribution in [0.1, 0.15) is 36.0 Å². The quantitative estimate of drug-likeness (QED) is 0.802. The number of ether oxygens (including phenoxy) is 1. The predicted octanol–water partition coefficient (Wildman–Crippen LogP) is 1.53. The minimum atomic E-state index is 0.0373. The molecule has 0 saturated carbocycles. The zero-order chi connectivity index (χ0) is 9.84. The van der Waals surface area contributed by atoms with E-state index in [1.54, 1.807) is 18.4 Å². The Morgan fingerprint density at radius 3 is 2.46 bits per heavy atom. The smallest absolute Gasteiger partial charge is 0.146 e. The molecule has 5 heteroatoms. The molecule has 1 N–H and O–H groups in total. The molecule has 0 bridgehead atoms. The van der Waals surface area contributed by atoms with Gasteiger partial charge in [-0.2, -0.15) is 0 Å². The fourth-order valence-corrected chi connectivity index (χ4v) is 1.74. The Hall–Kier alpha value is -0.520. The maximum Gasteiger partial charge on any atom is 0.146 e. The van der Waals surface area contributed by atoms with Gasteiger partial charge in [-0.05, 0) is 20.9 Å². The Morgan fingerprint density at radius 2 is 1.92 bits per heavy atom. The highest BCUT2D eigenvalue weighted by atomic mass is 32.1. The van der Waals surface area contributed by atoms with Crippen molar-refractivity contribution in [2.75, 3.05) is 14.2 Å². The van der Waals surface area contributed by atoms with Gasteiger partial charge in [0.1, 0.15) is 16.1 Å². The summed E-state index contributed by atoms with van der Waals surface area (Å²) in [5, 5.41) is 13.2. The fraction of sp³-hybridized carbons (Fsp3) is 0.750. The van der Waals surface area contributed by atoms with Gasteiger partial charge in [0, 0.05) is 7.11 Å². The number of nitrogens with one attached hydrogen (secondary N) is 1. The number of rotatable bonds is 4. The van der Waals surface area contributed by atoms with Gasteiger partial charge in [-0.15, -0.1) is 10.2 Å². The summed E-state index contributed by atoms with van der Waals surface area (Å²) in [7, 11) is 3.58. The highest BCUT2D eigenvalue weighted by Crippen LogP contribution is 2.23. The summed E-state index contributed by atoms with van der Waals surface area (Å²) in [6.07, 6.45) is 0.0373. The highest BCUT2D eigenvalue weighted by Gasteiger charge is 2.13. The lowest BCUT2D eigenvalue weighted by Gasteiger charge is -2.04. The van der Waals surface area contributed by atoms with Crippen LogP contribution in [0.15, 0.2) is 0 Å². The summed E-state index contributed by atoms with van der Waals surface area (Å²) >= 11 is 1.59. The molecule has 0 aromatic carbocycles. The molecular weight excluding hydrogens is 186 g/mol. The second-order valence-electron chi connectivity index (χ2n) is 2.87. The Bertz CT molecular complexity index is 239. The maximum atomic E-state index is 5.15. The molecule has 0 saturated heterocycles. The summed E-state index contributed by atoms with van der Waals surface area (Å²) in [5.74, 6) is 0. The first-order valence-corrected chi connectivity index (χ1v) is 5.04. The van der Waals surface area contributed by atoms with Gasteiger partial charge in [-0.1, -0.05) is 11.3 Å². The van der Waals surface area contributed by atoms with Crippen molar-refractivity contribution in [3.63, 3.8) is 0 Å². The molecule has 2 unspecified atom stereocenters. The second kappa shape index (κ2) is 4.64. The molecule has 1 aromatic heterocycles. The Morgan fingerprint density at radius 1 is 1.31 bits per heavy atom. The average Bonchev–Trinajstić information content (AvgIpc) is 2.64. The van der Waals surface area contributed by atoms with Crippen LogP contribution in [0.4, 0.5) is 0 Å². The molecule has 4 nitrogen and oxygen atoms in total. The normalized spacial score (nSPS) is 15.7. The molecular formula is C8H15N3OS. The van der Waals surface area contributed by atoms with Gasteiger partial charge in [-0.25, -0.2) is 0 Å². The van der Waals surface area contributed by atoms with E-state index >= 15 is 0 Å². The standard InChI is InChI=1S/C8H15N3OS/c1-5(9-3)7-10-11-8(13-7)6(2)12-4/h5-6,9H,1-4H3. The SMILES string of the molecule is CNC(C)c1nnc(C(C)OC)s1. The van der Waals surface area contributed by atoms with Crippen LogP contribution in [-0.2, 0) is 4.74 Å². The van der Waals surface area contributed by atoms with Gasteiger partial charge in [0.25, 0.3) is 0 Å². The third-order valence-corrected chi connectivity index (χ3v) is 3.23. The largest absolute Gasteiger partial charge is 0.374 e. The van der Waals surface area contributed by atoms with Crippen molar-refractivity contribution >= 4 is 11.3 Å². The Balaban J connectivity index is 2.74. The van der Waals surface area contributed by atoms with E-state index in [0.717, 1.165) is 10.0 Å². The Kier molecular flexibility index (Phi) is 3.77. The monoisotopic (exact) mass is 201 g/mol. The van der Waals surface area contributed by atoms with E-state index in [-0.39, 0.29) is 12.1 Å². The van der Waals surface area contributed by atoms with Crippen molar-refractivity contribution < 1.29 is 4.74 Å². The van der Waals surface area contributed by atoms with Gasteiger partial charge in [0.15, 0.2) is 0 Å². The van der Waals surface area contributed by atoms with Crippen molar-refractivity contribution in [2.24, 2.45) is 0 Å². The van der Waals surface area contributed by atoms with Crippen molar-refractivity contribution in [3.05, 3.63) is 10.0 Å². The molecule has 0 amide bonds. The molecule has 0 radical (unpaired) electrons. The summed E-state index contributed by atoms with van der Waals surface area (Å²) in [6.45, 7) is 4.02. The molecule has 13 heavy (non-hydrogen) atoms. The van der Waals surface area contributed by atoms with Gasteiger partial charge < -0.3 is 10.1 Å². The predicted molar refractivity (Wildman–Crippen MR) is 52.8 cm³/mol. The van der Waals surface area contributed by atoms with Crippen LogP contribution in [0.25, 0.3) is 0 Å². The summed E-state index contributed by atoms with van der Waals surface area (Å²) in [5.41, 5.74) is 0. The van der Waals surface area contributed by atoms with Crippen LogP contribution >= 0.6 is 11.3 Å². The molecule has 1 aromatic rings. The molecule has 74 valence electrons. The van der Waals surface area contributed by atoms with Crippen LogP contribution in [-0.4, -0.2) is 24.4 Å². The van der Waals surface area contributed by atoms with Crippen molar-refractivity contribution in [1.29, 1.82) is 0 Å². The van der Waals surface area contributed by atoms with E-state index in [4.69, 9.17) is 4.74 Å². The number of nitrogens with zero attached hydrogens (tertiary/aromatic N) is 2. The van der Waals surface area contributed by atoms with E-state index < -0.39 is 0 Å². The van der Waals surface area contributed by atoms with Crippen molar-refractivity contribution in [3.8, 4) is 0 Å². The van der Waals surface area contributed by atoms with Gasteiger partial charge in [0.05, 0.1) is 6.04 Å². The van der Waals surface area contributed by atoms with Crippen LogP contribution in [0.3, 0.4) is 0 Å². The summed E-state index contributed by atoms with van der Waals surface area (Å²) in [4.78, 5) is 0. The molecule has 0 aliphatic rings. The first-order chi connectivity index (χ1) is 6.19. The van der Waals surface area contributed by atoms with Gasteiger partial charge in [0.2, 0.25) is 0 Å². The lowest BCUT2D eigenvalue weighted by molar-refractivity contribution is 0.118. The highest BCUT2D eigenvalue weighted by molar-refractivity contribution is 7.11. The topological polar surface area (TPSA) is 47.0 Å². The summed E-state index contributed by atoms with van der Waals surface area (Å²) in [6, 6.07) is 0.260. The summed E-state index contributed by atoms with van der Waals surface area (Å²) < 4.78 is 5.15. The third kappa shape index (κ3) is 2.46. The first-order valence-electron chi connectivity index (χ1n) is 4.22. The maximum absolute atomic E-state index is 5.15. The van der Waals surface area contributed by atoms with E-state index in [2.05, 4.69) is 22.4 Å². The molecule has 0 spiro atoms. The van der Waals surface area contributed by atoms with Crippen LogP contribution in [0.5, 0.6) is 0 Å². The molecule has 1 heterocycles. The van der Waals surface area contributed by atoms with E-state index in [0.29, 0.717) is 0 Å². The van der Waals surface area contributed by atoms with Crippen molar-refractivity contribution in [2.45, 2.75) is 26.0 Å². The fourth-order valence-electron chi connectivity index (χ4n) is 0.810. The van der Waals surface area contributed by atoms with E-state index in [1.807, 2.05) is 14.0 Å². The van der Waals surface area contributed by atoms with Gasteiger partial charge in [-0.3, -0.25) is 0 Å². The number of hydrogen-bond acceptors (Lipinski definition) is 5.